The van der Waals surface area contributed by atoms with Crippen LogP contribution in [0, 0.1) is 5.82 Å². The van der Waals surface area contributed by atoms with E-state index >= 15 is 0 Å². The van der Waals surface area contributed by atoms with E-state index in [4.69, 9.17) is 4.74 Å². The molecule has 0 unspecified atom stereocenters. The number of nitrogens with one attached hydrogen (secondary N) is 2. The van der Waals surface area contributed by atoms with Gasteiger partial charge in [-0.3, -0.25) is 4.79 Å². The number of hydrogen-bond acceptors (Lipinski definition) is 5. The molecular weight excluding hydrogens is 389 g/mol. The molecule has 3 aromatic rings. The van der Waals surface area contributed by atoms with E-state index in [9.17, 15) is 9.18 Å². The van der Waals surface area contributed by atoms with Crippen molar-refractivity contribution < 1.29 is 13.9 Å². The van der Waals surface area contributed by atoms with Gasteiger partial charge in [0, 0.05) is 35.3 Å². The molecule has 1 aromatic heterocycles. The Morgan fingerprint density at radius 1 is 1.14 bits per heavy atom. The standard InChI is InChI=1S/C22H24FN3O2S/c1-3-4-5-12-28-21-11-10-18(13-19(21)23)25-22-26-20(14-29-22)16-6-8-17(9-7-16)24-15(2)27/h6-11,13-14H,3-5,12H2,1-2H3,(H,24,27)(H,25,26). The van der Waals surface area contributed by atoms with Gasteiger partial charge in [-0.25, -0.2) is 9.37 Å². The van der Waals surface area contributed by atoms with Crippen LogP contribution in [0.4, 0.5) is 20.9 Å². The Labute approximate surface area is 174 Å². The lowest BCUT2D eigenvalue weighted by molar-refractivity contribution is -0.114. The largest absolute Gasteiger partial charge is 0.491 e. The smallest absolute Gasteiger partial charge is 0.221 e. The van der Waals surface area contributed by atoms with Crippen LogP contribution < -0.4 is 15.4 Å². The molecule has 0 aliphatic heterocycles. The number of benzene rings is 2. The number of amides is 1. The van der Waals surface area contributed by atoms with Crippen molar-refractivity contribution in [1.82, 2.24) is 4.98 Å². The van der Waals surface area contributed by atoms with Crippen molar-refractivity contribution in [3.63, 3.8) is 0 Å². The predicted octanol–water partition coefficient (Wildman–Crippen LogP) is 6.22. The number of nitrogens with zero attached hydrogens (tertiary/aromatic N) is 1. The maximum absolute atomic E-state index is 14.2. The number of halogens is 1. The number of carbonyl (C=O) groups is 1. The zero-order valence-electron chi connectivity index (χ0n) is 16.5. The molecule has 0 aliphatic rings. The Morgan fingerprint density at radius 2 is 1.90 bits per heavy atom. The number of hydrogen-bond donors (Lipinski definition) is 2. The average Bonchev–Trinajstić information content (AvgIpc) is 3.15. The van der Waals surface area contributed by atoms with Crippen LogP contribution in [0.1, 0.15) is 33.1 Å². The summed E-state index contributed by atoms with van der Waals surface area (Å²) in [6.45, 7) is 4.11. The van der Waals surface area contributed by atoms with Crippen molar-refractivity contribution in [2.24, 2.45) is 0 Å². The van der Waals surface area contributed by atoms with Gasteiger partial charge in [-0.2, -0.15) is 0 Å². The molecule has 0 bridgehead atoms. The van der Waals surface area contributed by atoms with Gasteiger partial charge in [0.15, 0.2) is 16.7 Å². The van der Waals surface area contributed by atoms with Gasteiger partial charge < -0.3 is 15.4 Å². The van der Waals surface area contributed by atoms with E-state index in [1.165, 1.54) is 24.3 Å². The Balaban J connectivity index is 1.62. The summed E-state index contributed by atoms with van der Waals surface area (Å²) >= 11 is 1.44. The fraction of sp³-hybridized carbons (Fsp3) is 0.273. The highest BCUT2D eigenvalue weighted by molar-refractivity contribution is 7.14. The molecule has 0 aliphatic carbocycles. The minimum atomic E-state index is -0.392. The summed E-state index contributed by atoms with van der Waals surface area (Å²) in [5, 5.41) is 8.46. The second-order valence-electron chi connectivity index (χ2n) is 6.62. The Hall–Kier alpha value is -2.93. The maximum Gasteiger partial charge on any atom is 0.221 e. The molecule has 0 atom stereocenters. The van der Waals surface area contributed by atoms with Crippen molar-refractivity contribution in [3.8, 4) is 17.0 Å². The van der Waals surface area contributed by atoms with E-state index in [1.54, 1.807) is 12.1 Å². The third kappa shape index (κ3) is 6.02. The molecule has 0 spiro atoms. The van der Waals surface area contributed by atoms with Crippen molar-refractivity contribution in [2.75, 3.05) is 17.2 Å². The third-order valence-corrected chi connectivity index (χ3v) is 4.95. The van der Waals surface area contributed by atoms with E-state index in [0.29, 0.717) is 17.4 Å². The normalized spacial score (nSPS) is 10.6. The molecule has 0 saturated carbocycles. The van der Waals surface area contributed by atoms with Crippen LogP contribution >= 0.6 is 11.3 Å². The van der Waals surface area contributed by atoms with Crippen LogP contribution in [0.25, 0.3) is 11.3 Å². The molecule has 2 aromatic carbocycles. The predicted molar refractivity (Wildman–Crippen MR) is 117 cm³/mol. The lowest BCUT2D eigenvalue weighted by Crippen LogP contribution is -2.05. The molecule has 1 heterocycles. The van der Waals surface area contributed by atoms with Gasteiger partial charge in [0.2, 0.25) is 5.91 Å². The van der Waals surface area contributed by atoms with E-state index in [-0.39, 0.29) is 11.7 Å². The van der Waals surface area contributed by atoms with Crippen LogP contribution in [0.3, 0.4) is 0 Å². The van der Waals surface area contributed by atoms with Crippen molar-refractivity contribution in [2.45, 2.75) is 33.1 Å². The maximum atomic E-state index is 14.2. The zero-order chi connectivity index (χ0) is 20.6. The first kappa shape index (κ1) is 20.8. The van der Waals surface area contributed by atoms with E-state index in [2.05, 4.69) is 22.5 Å². The number of thiazole rings is 1. The Morgan fingerprint density at radius 3 is 2.59 bits per heavy atom. The molecule has 0 radical (unpaired) electrons. The first-order valence-corrected chi connectivity index (χ1v) is 10.5. The summed E-state index contributed by atoms with van der Waals surface area (Å²) in [7, 11) is 0. The fourth-order valence-electron chi connectivity index (χ4n) is 2.74. The fourth-order valence-corrected chi connectivity index (χ4v) is 3.48. The summed E-state index contributed by atoms with van der Waals surface area (Å²) in [6, 6.07) is 12.3. The second-order valence-corrected chi connectivity index (χ2v) is 7.48. The van der Waals surface area contributed by atoms with Gasteiger partial charge in [-0.05, 0) is 30.7 Å². The number of rotatable bonds is 9. The minimum Gasteiger partial charge on any atom is -0.491 e. The Bertz CT molecular complexity index is 957. The lowest BCUT2D eigenvalue weighted by Gasteiger charge is -2.09. The van der Waals surface area contributed by atoms with Gasteiger partial charge in [-0.1, -0.05) is 31.9 Å². The molecule has 29 heavy (non-hydrogen) atoms. The second kappa shape index (κ2) is 10.0. The van der Waals surface area contributed by atoms with Crippen LogP contribution in [-0.4, -0.2) is 17.5 Å². The van der Waals surface area contributed by atoms with E-state index in [0.717, 1.165) is 36.2 Å². The summed E-state index contributed by atoms with van der Waals surface area (Å²) < 4.78 is 19.7. The molecule has 7 heteroatoms. The SMILES string of the molecule is CCCCCOc1ccc(Nc2nc(-c3ccc(NC(C)=O)cc3)cs2)cc1F. The molecule has 5 nitrogen and oxygen atoms in total. The highest BCUT2D eigenvalue weighted by Gasteiger charge is 2.08. The molecule has 1 amide bonds. The van der Waals surface area contributed by atoms with Crippen LogP contribution in [0.2, 0.25) is 0 Å². The number of anilines is 3. The van der Waals surface area contributed by atoms with Crippen LogP contribution in [0.15, 0.2) is 47.8 Å². The number of carbonyl (C=O) groups excluding carboxylic acids is 1. The van der Waals surface area contributed by atoms with Crippen molar-refractivity contribution in [3.05, 3.63) is 53.7 Å². The Kier molecular flexibility index (Phi) is 7.19. The minimum absolute atomic E-state index is 0.109. The van der Waals surface area contributed by atoms with Gasteiger partial charge in [0.05, 0.1) is 12.3 Å². The van der Waals surface area contributed by atoms with Crippen molar-refractivity contribution in [1.29, 1.82) is 0 Å². The first-order valence-electron chi connectivity index (χ1n) is 9.58. The summed E-state index contributed by atoms with van der Waals surface area (Å²) in [4.78, 5) is 15.7. The highest BCUT2D eigenvalue weighted by Crippen LogP contribution is 2.29. The molecule has 0 saturated heterocycles. The van der Waals surface area contributed by atoms with Crippen molar-refractivity contribution >= 4 is 33.8 Å². The number of ether oxygens (including phenoxy) is 1. The number of unbranched alkanes of at least 4 members (excludes halogenated alkanes) is 2. The molecule has 2 N–H and O–H groups in total. The monoisotopic (exact) mass is 413 g/mol. The molecule has 3 rings (SSSR count). The topological polar surface area (TPSA) is 63.2 Å². The van der Waals surface area contributed by atoms with Gasteiger partial charge >= 0.3 is 0 Å². The van der Waals surface area contributed by atoms with Gasteiger partial charge in [0.25, 0.3) is 0 Å². The summed E-state index contributed by atoms with van der Waals surface area (Å²) in [5.74, 6) is -0.231. The highest BCUT2D eigenvalue weighted by atomic mass is 32.1. The summed E-state index contributed by atoms with van der Waals surface area (Å²) in [6.07, 6.45) is 3.09. The van der Waals surface area contributed by atoms with E-state index in [1.807, 2.05) is 29.6 Å². The van der Waals surface area contributed by atoms with E-state index < -0.39 is 5.82 Å². The van der Waals surface area contributed by atoms with Crippen LogP contribution in [0.5, 0.6) is 5.75 Å². The number of aromatic nitrogens is 1. The molecule has 0 fully saturated rings. The van der Waals surface area contributed by atoms with Crippen LogP contribution in [-0.2, 0) is 4.79 Å². The van der Waals surface area contributed by atoms with Gasteiger partial charge in [-0.15, -0.1) is 11.3 Å². The average molecular weight is 414 g/mol. The zero-order valence-corrected chi connectivity index (χ0v) is 17.3. The first-order chi connectivity index (χ1) is 14.0. The van der Waals surface area contributed by atoms with Gasteiger partial charge in [0.1, 0.15) is 0 Å². The summed E-state index contributed by atoms with van der Waals surface area (Å²) in [5.41, 5.74) is 3.10. The lowest BCUT2D eigenvalue weighted by atomic mass is 10.1. The molecule has 152 valence electrons. The third-order valence-electron chi connectivity index (χ3n) is 4.19. The quantitative estimate of drug-likeness (QED) is 0.409. The molecular formula is C22H24FN3O2S.